The Morgan fingerprint density at radius 3 is 2.59 bits per heavy atom. The van der Waals surface area contributed by atoms with E-state index in [0.29, 0.717) is 23.5 Å². The minimum atomic E-state index is 0.211. The second kappa shape index (κ2) is 3.71. The van der Waals surface area contributed by atoms with Gasteiger partial charge < -0.3 is 9.47 Å². The average Bonchev–Trinajstić information content (AvgIpc) is 2.90. The summed E-state index contributed by atoms with van der Waals surface area (Å²) < 4.78 is 11.7. The first kappa shape index (κ1) is 12.0. The highest BCUT2D eigenvalue weighted by molar-refractivity contribution is 5.07. The van der Waals surface area contributed by atoms with Gasteiger partial charge in [-0.15, -0.1) is 0 Å². The monoisotopic (exact) mass is 238 g/mol. The van der Waals surface area contributed by atoms with E-state index in [-0.39, 0.29) is 5.60 Å². The molecule has 5 atom stereocenters. The van der Waals surface area contributed by atoms with E-state index in [1.54, 1.807) is 0 Å². The van der Waals surface area contributed by atoms with Gasteiger partial charge in [0.05, 0.1) is 17.8 Å². The highest BCUT2D eigenvalue weighted by Crippen LogP contribution is 2.57. The Morgan fingerprint density at radius 1 is 1.12 bits per heavy atom. The summed E-state index contributed by atoms with van der Waals surface area (Å²) in [6.45, 7) is 7.21. The topological polar surface area (TPSA) is 21.8 Å². The molecule has 0 aromatic heterocycles. The van der Waals surface area contributed by atoms with Crippen molar-refractivity contribution in [1.82, 2.24) is 0 Å². The molecule has 2 nitrogen and oxygen atoms in total. The van der Waals surface area contributed by atoms with Crippen LogP contribution in [0.2, 0.25) is 0 Å². The van der Waals surface area contributed by atoms with Crippen LogP contribution in [0.25, 0.3) is 0 Å². The first-order valence-electron chi connectivity index (χ1n) is 7.18. The average molecular weight is 238 g/mol. The quantitative estimate of drug-likeness (QED) is 0.653. The zero-order chi connectivity index (χ0) is 12.3. The highest BCUT2D eigenvalue weighted by Gasteiger charge is 2.58. The number of hydrogen-bond acceptors (Lipinski definition) is 2. The second-order valence-electron chi connectivity index (χ2n) is 7.17. The van der Waals surface area contributed by atoms with E-state index in [1.807, 2.05) is 7.11 Å². The molecular formula is C15H26O2. The molecule has 2 aliphatic carbocycles. The van der Waals surface area contributed by atoms with Gasteiger partial charge in [0.15, 0.2) is 0 Å². The summed E-state index contributed by atoms with van der Waals surface area (Å²) >= 11 is 0. The van der Waals surface area contributed by atoms with E-state index in [2.05, 4.69) is 20.8 Å². The van der Waals surface area contributed by atoms with Crippen molar-refractivity contribution in [3.63, 3.8) is 0 Å². The van der Waals surface area contributed by atoms with Crippen LogP contribution in [0.4, 0.5) is 0 Å². The molecule has 2 unspecified atom stereocenters. The van der Waals surface area contributed by atoms with E-state index in [4.69, 9.17) is 9.47 Å². The third kappa shape index (κ3) is 1.76. The molecule has 0 aromatic rings. The van der Waals surface area contributed by atoms with Crippen LogP contribution in [0.5, 0.6) is 0 Å². The van der Waals surface area contributed by atoms with Gasteiger partial charge in [-0.1, -0.05) is 13.8 Å². The molecule has 0 amide bonds. The summed E-state index contributed by atoms with van der Waals surface area (Å²) in [6, 6.07) is 0. The maximum absolute atomic E-state index is 5.95. The van der Waals surface area contributed by atoms with Crippen molar-refractivity contribution in [1.29, 1.82) is 0 Å². The molecule has 1 saturated heterocycles. The molecule has 0 N–H and O–H groups in total. The molecule has 0 aromatic carbocycles. The van der Waals surface area contributed by atoms with Gasteiger partial charge in [0.25, 0.3) is 0 Å². The minimum Gasteiger partial charge on any atom is -0.381 e. The Hall–Kier alpha value is -0.0800. The highest BCUT2D eigenvalue weighted by atomic mass is 16.6. The lowest BCUT2D eigenvalue weighted by Gasteiger charge is -2.50. The van der Waals surface area contributed by atoms with Crippen LogP contribution in [0.15, 0.2) is 0 Å². The van der Waals surface area contributed by atoms with Gasteiger partial charge in [-0.3, -0.25) is 0 Å². The normalized spacial score (nSPS) is 52.2. The lowest BCUT2D eigenvalue weighted by Crippen LogP contribution is -2.47. The largest absolute Gasteiger partial charge is 0.381 e. The summed E-state index contributed by atoms with van der Waals surface area (Å²) in [5.74, 6) is 1.54. The van der Waals surface area contributed by atoms with Crippen molar-refractivity contribution in [3.8, 4) is 0 Å². The summed E-state index contributed by atoms with van der Waals surface area (Å²) in [7, 11) is 1.89. The molecule has 3 fully saturated rings. The van der Waals surface area contributed by atoms with Gasteiger partial charge in [-0.05, 0) is 56.3 Å². The summed E-state index contributed by atoms with van der Waals surface area (Å²) in [6.07, 6.45) is 7.35. The number of methoxy groups -OCH3 is 1. The van der Waals surface area contributed by atoms with Crippen molar-refractivity contribution in [2.45, 2.75) is 70.7 Å². The zero-order valence-corrected chi connectivity index (χ0v) is 11.7. The van der Waals surface area contributed by atoms with Crippen LogP contribution in [0, 0.1) is 17.3 Å². The molecule has 17 heavy (non-hydrogen) atoms. The lowest BCUT2D eigenvalue weighted by atomic mass is 9.57. The smallest absolute Gasteiger partial charge is 0.0920 e. The molecule has 1 heterocycles. The molecule has 3 aliphatic rings. The van der Waals surface area contributed by atoms with Gasteiger partial charge in [0, 0.05) is 7.11 Å². The Kier molecular flexibility index (Phi) is 2.61. The number of hydrogen-bond donors (Lipinski definition) is 0. The molecule has 0 radical (unpaired) electrons. The Morgan fingerprint density at radius 2 is 1.88 bits per heavy atom. The molecule has 2 bridgehead atoms. The van der Waals surface area contributed by atoms with Crippen molar-refractivity contribution >= 4 is 0 Å². The number of rotatable bonds is 1. The SMILES string of the molecule is CO[C@H]1CC[C@H]2CC3OC3(C)CC[C@@H]1C2(C)C. The van der Waals surface area contributed by atoms with Crippen LogP contribution in [0.1, 0.15) is 52.9 Å². The Bertz CT molecular complexity index is 312. The van der Waals surface area contributed by atoms with Crippen LogP contribution < -0.4 is 0 Å². The first-order valence-corrected chi connectivity index (χ1v) is 7.18. The fourth-order valence-corrected chi connectivity index (χ4v) is 4.49. The maximum atomic E-state index is 5.95. The van der Waals surface area contributed by atoms with Crippen molar-refractivity contribution in [3.05, 3.63) is 0 Å². The van der Waals surface area contributed by atoms with Gasteiger partial charge >= 0.3 is 0 Å². The molecule has 98 valence electrons. The van der Waals surface area contributed by atoms with E-state index in [0.717, 1.165) is 5.92 Å². The third-order valence-electron chi connectivity index (χ3n) is 6.04. The van der Waals surface area contributed by atoms with E-state index >= 15 is 0 Å². The van der Waals surface area contributed by atoms with Crippen LogP contribution in [0.3, 0.4) is 0 Å². The molecule has 3 rings (SSSR count). The fraction of sp³-hybridized carbons (Fsp3) is 1.00. The molecule has 0 spiro atoms. The molecule has 1 aliphatic heterocycles. The van der Waals surface area contributed by atoms with Crippen molar-refractivity contribution in [2.75, 3.05) is 7.11 Å². The summed E-state index contributed by atoms with van der Waals surface area (Å²) in [5.41, 5.74) is 0.634. The molecule has 2 heteroatoms. The van der Waals surface area contributed by atoms with Crippen LogP contribution >= 0.6 is 0 Å². The van der Waals surface area contributed by atoms with E-state index in [9.17, 15) is 0 Å². The van der Waals surface area contributed by atoms with Gasteiger partial charge in [-0.2, -0.15) is 0 Å². The fourth-order valence-electron chi connectivity index (χ4n) is 4.49. The van der Waals surface area contributed by atoms with Crippen molar-refractivity contribution in [2.24, 2.45) is 17.3 Å². The lowest BCUT2D eigenvalue weighted by molar-refractivity contribution is -0.0780. The molecule has 2 saturated carbocycles. The van der Waals surface area contributed by atoms with Gasteiger partial charge in [0.1, 0.15) is 0 Å². The summed E-state index contributed by atoms with van der Waals surface area (Å²) in [5, 5.41) is 0. The minimum absolute atomic E-state index is 0.211. The third-order valence-corrected chi connectivity index (χ3v) is 6.04. The number of epoxide rings is 1. The first-order chi connectivity index (χ1) is 7.97. The molecular weight excluding hydrogens is 212 g/mol. The van der Waals surface area contributed by atoms with Crippen LogP contribution in [-0.2, 0) is 9.47 Å². The zero-order valence-electron chi connectivity index (χ0n) is 11.7. The van der Waals surface area contributed by atoms with Gasteiger partial charge in [-0.25, -0.2) is 0 Å². The predicted octanol–water partition coefficient (Wildman–Crippen LogP) is 3.40. The maximum Gasteiger partial charge on any atom is 0.0920 e. The summed E-state index contributed by atoms with van der Waals surface area (Å²) in [4.78, 5) is 0. The standard InChI is InChI=1S/C15H26O2/c1-14(2)10-5-6-12(16-4)11(14)7-8-15(3)13(9-10)17-15/h10-13H,5-9H2,1-4H3/t10-,11-,12-,13?,15?/m0/s1. The van der Waals surface area contributed by atoms with Gasteiger partial charge in [0.2, 0.25) is 0 Å². The number of fused-ring (bicyclic) bond motifs is 3. The van der Waals surface area contributed by atoms with E-state index < -0.39 is 0 Å². The Labute approximate surface area is 105 Å². The van der Waals surface area contributed by atoms with E-state index in [1.165, 1.54) is 32.1 Å². The second-order valence-corrected chi connectivity index (χ2v) is 7.17. The predicted molar refractivity (Wildman–Crippen MR) is 67.9 cm³/mol. The van der Waals surface area contributed by atoms with Crippen molar-refractivity contribution < 1.29 is 9.47 Å². The number of ether oxygens (including phenoxy) is 2. The van der Waals surface area contributed by atoms with Crippen LogP contribution in [-0.4, -0.2) is 24.9 Å². The Balaban J connectivity index is 1.86.